The number of guanidine groups is 7. The van der Waals surface area contributed by atoms with Gasteiger partial charge in [-0.25, -0.2) is 4.79 Å². The van der Waals surface area contributed by atoms with E-state index in [1.54, 1.807) is 27.7 Å². The van der Waals surface area contributed by atoms with Gasteiger partial charge in [0.25, 0.3) is 0 Å². The van der Waals surface area contributed by atoms with Crippen LogP contribution in [0.3, 0.4) is 0 Å². The summed E-state index contributed by atoms with van der Waals surface area (Å²) in [6.45, 7) is 7.74. The molecule has 0 unspecified atom stereocenters. The molecule has 56 heteroatoms. The lowest BCUT2D eigenvalue weighted by molar-refractivity contribution is -0.149. The molecule has 145 heavy (non-hydrogen) atoms. The van der Waals surface area contributed by atoms with E-state index in [1.807, 2.05) is 0 Å². The van der Waals surface area contributed by atoms with Gasteiger partial charge in [0.05, 0.1) is 6.04 Å². The molecule has 0 spiro atoms. The molecule has 0 aromatic carbocycles. The zero-order valence-corrected chi connectivity index (χ0v) is 83.4. The Hall–Kier alpha value is -14.2. The monoisotopic (exact) mass is 2050 g/mol. The smallest absolute Gasteiger partial charge is 0.326 e. The van der Waals surface area contributed by atoms with Crippen LogP contribution < -0.4 is 131 Å². The fourth-order valence-electron chi connectivity index (χ4n) is 18.7. The molecule has 56 nitrogen and oxygen atoms in total. The van der Waals surface area contributed by atoms with Crippen LogP contribution in [0.25, 0.3) is 0 Å². The van der Waals surface area contributed by atoms with Gasteiger partial charge in [-0.2, -0.15) is 0 Å². The van der Waals surface area contributed by atoms with Gasteiger partial charge in [-0.3, -0.25) is 115 Å². The number of aliphatic carboxylic acids is 2. The van der Waals surface area contributed by atoms with Crippen molar-refractivity contribution in [3.8, 4) is 0 Å². The zero-order valence-electron chi connectivity index (χ0n) is 83.4. The van der Waals surface area contributed by atoms with Crippen molar-refractivity contribution in [3.63, 3.8) is 0 Å². The van der Waals surface area contributed by atoms with Crippen molar-refractivity contribution in [3.05, 3.63) is 0 Å². The van der Waals surface area contributed by atoms with Gasteiger partial charge < -0.3 is 171 Å². The third kappa shape index (κ3) is 38.8. The molecule has 6 aliphatic rings. The summed E-state index contributed by atoms with van der Waals surface area (Å²) in [5.74, 6) is -17.6. The fraction of sp³-hybridized carbons (Fsp3) is 0.730. The van der Waals surface area contributed by atoms with Crippen molar-refractivity contribution in [1.82, 2.24) is 114 Å². The number of hydrogen-bond acceptors (Lipinski definition) is 25. The number of carboxylic acid groups (broad SMARTS) is 2. The van der Waals surface area contributed by atoms with Crippen molar-refractivity contribution in [2.45, 2.75) is 317 Å². The lowest BCUT2D eigenvalue weighted by Gasteiger charge is -2.34. The maximum absolute atomic E-state index is 15.3. The average molecular weight is 2050 g/mol. The Morgan fingerprint density at radius 3 is 0.869 bits per heavy atom. The maximum Gasteiger partial charge on any atom is 0.326 e. The average Bonchev–Trinajstić information content (AvgIpc) is 1.66. The second-order valence-electron chi connectivity index (χ2n) is 37.9. The van der Waals surface area contributed by atoms with Gasteiger partial charge in [0.2, 0.25) is 88.6 Å². The lowest BCUT2D eigenvalue weighted by Crippen LogP contribution is -2.61. The summed E-state index contributed by atoms with van der Waals surface area (Å²) in [6, 6.07) is -21.1. The Kier molecular flexibility index (Phi) is 49.8. The van der Waals surface area contributed by atoms with Crippen molar-refractivity contribution in [2.24, 2.45) is 57.7 Å². The molecule has 6 rings (SSSR count). The molecule has 0 aliphatic carbocycles. The predicted molar refractivity (Wildman–Crippen MR) is 531 cm³/mol. The van der Waals surface area contributed by atoms with Crippen LogP contribution in [-0.4, -0.2) is 364 Å². The second-order valence-corrected chi connectivity index (χ2v) is 37.9. The quantitative estimate of drug-likeness (QED) is 0.0153. The molecule has 0 saturated carbocycles. The van der Waals surface area contributed by atoms with Crippen LogP contribution in [-0.2, 0) is 81.5 Å². The third-order valence-corrected chi connectivity index (χ3v) is 26.4. The molecule has 6 aliphatic heterocycles. The SMILES string of the molecule is CC[C@H](C)[C@H](NC(=O)[C@H](CCCNC(=N)N)NC(=O)[C@@H](N)CCCNC(=N)N)C(=O)N[C@@H](CCCNC(=N)N)C(=O)N1CCC[C@H]1C(=O)N[C@@H](CCCNC(=N)N)C(=O)N1CCC[C@H]1C(=O)N1CCC[C@H]1C(=O)N[C@@H](CCC(=O)O)C(=O)N[C@@H](CC(C)C)C(=O)N1CCC[C@H]1C(=O)N[C@@H](CCCNC(=N)N)C(=O)N1CCC[C@H]1C(=O)N[C@@H](CCCNC(=N)N)C(=O)N1CCC[C@H]1C(=O)N[C@@H](CCCNC(=N)N)C(=O)O. The molecule has 0 bridgehead atoms. The molecule has 17 atom stereocenters. The number of carboxylic acids is 2. The minimum atomic E-state index is -1.66. The number of hydrogen-bond donors (Lipinski definition) is 33. The molecule has 6 saturated heterocycles. The van der Waals surface area contributed by atoms with Crippen LogP contribution >= 0.6 is 0 Å². The van der Waals surface area contributed by atoms with Crippen molar-refractivity contribution < 1.29 is 91.7 Å². The minimum Gasteiger partial charge on any atom is -0.481 e. The number of rotatable bonds is 60. The molecule has 0 radical (unpaired) electrons. The van der Waals surface area contributed by atoms with E-state index >= 15 is 24.0 Å². The number of nitrogens with one attached hydrogen (secondary N) is 23. The van der Waals surface area contributed by atoms with Gasteiger partial charge in [0, 0.05) is 91.5 Å². The largest absolute Gasteiger partial charge is 0.481 e. The zero-order chi connectivity index (χ0) is 107. The van der Waals surface area contributed by atoms with E-state index in [1.165, 1.54) is 29.4 Å². The van der Waals surface area contributed by atoms with Crippen LogP contribution in [0.2, 0.25) is 0 Å². The standard InChI is InChI=1S/C89H157N37O19/c1-5-49(4)66(120-69(131)51(20-7-35-106-84(93)94)112-67(129)50(90)19-6-34-105-83(91)92)75(137)117-56(24-11-39-110-88(101)102)78(140)122-42-14-27-60(122)72(134)116-55(23-10-38-109-87(99)100)79(141)126-46-18-31-64(126)81(143)125-45-17-30-63(125)70(132)113-52(32-33-65(127)128)68(130)119-58(47-48(2)3)80(142)124-44-16-28-61(124)73(135)115-53(21-8-36-107-85(95)96)76(138)121-41-13-26-59(121)71(133)114-54(22-9-37-108-86(97)98)77(139)123-43-15-29-62(123)74(136)118-57(82(144)145)25-12-40-111-89(103)104/h48-64,66H,5-47,90H2,1-4H3,(H,112,129)(H,113,132)(H,114,133)(H,115,135)(H,116,134)(H,117,137)(H,118,136)(H,119,130)(H,120,131)(H,127,128)(H,144,145)(H4,91,92,105)(H4,93,94,106)(H4,95,96,107)(H4,97,98,108)(H4,99,100,109)(H4,101,102,110)(H4,103,104,111)/t49-,50-,51-,52-,53-,54-,55-,56-,57-,58-,59-,60-,61-,62-,63-,64-,66-/m0/s1. The first-order chi connectivity index (χ1) is 68.7. The van der Waals surface area contributed by atoms with Crippen LogP contribution in [0.1, 0.15) is 220 Å². The number of nitrogens with two attached hydrogens (primary N) is 8. The Labute approximate surface area is 842 Å². The van der Waals surface area contributed by atoms with Crippen LogP contribution in [0.15, 0.2) is 0 Å². The van der Waals surface area contributed by atoms with E-state index in [-0.39, 0.29) is 287 Å². The van der Waals surface area contributed by atoms with Gasteiger partial charge >= 0.3 is 11.9 Å². The van der Waals surface area contributed by atoms with Gasteiger partial charge in [-0.05, 0) is 192 Å². The van der Waals surface area contributed by atoms with Gasteiger partial charge in [-0.15, -0.1) is 0 Å². The summed E-state index contributed by atoms with van der Waals surface area (Å²) in [6.07, 6.45) is 2.25. The van der Waals surface area contributed by atoms with Gasteiger partial charge in [0.15, 0.2) is 41.7 Å². The predicted octanol–water partition coefficient (Wildman–Crippen LogP) is -8.49. The highest BCUT2D eigenvalue weighted by molar-refractivity contribution is 6.02. The molecule has 6 heterocycles. The van der Waals surface area contributed by atoms with Gasteiger partial charge in [-0.1, -0.05) is 34.1 Å². The van der Waals surface area contributed by atoms with Crippen molar-refractivity contribution in [1.29, 1.82) is 37.9 Å². The van der Waals surface area contributed by atoms with Crippen molar-refractivity contribution >= 4 is 142 Å². The van der Waals surface area contributed by atoms with E-state index in [0.29, 0.717) is 19.3 Å². The van der Waals surface area contributed by atoms with E-state index in [9.17, 15) is 67.7 Å². The first kappa shape index (κ1) is 120. The molecule has 812 valence electrons. The second kappa shape index (κ2) is 60.4. The highest BCUT2D eigenvalue weighted by Crippen LogP contribution is 2.31. The van der Waals surface area contributed by atoms with E-state index in [4.69, 9.17) is 83.7 Å². The van der Waals surface area contributed by atoms with E-state index in [0.717, 1.165) is 0 Å². The van der Waals surface area contributed by atoms with E-state index < -0.39 is 222 Å². The summed E-state index contributed by atoms with van der Waals surface area (Å²) in [5, 5.41) is 117. The summed E-state index contributed by atoms with van der Waals surface area (Å²) < 4.78 is 0. The topological polar surface area (TPSA) is 918 Å². The van der Waals surface area contributed by atoms with Gasteiger partial charge in [0.1, 0.15) is 90.6 Å². The van der Waals surface area contributed by atoms with Crippen LogP contribution in [0, 0.1) is 49.7 Å². The number of likely N-dealkylation sites (tertiary alicyclic amines) is 6. The normalized spacial score (nSPS) is 19.7. The highest BCUT2D eigenvalue weighted by Gasteiger charge is 2.49. The first-order valence-electron chi connectivity index (χ1n) is 50.1. The molecule has 0 aromatic heterocycles. The number of carbonyl (C=O) groups excluding carboxylic acids is 15. The molecule has 15 amide bonds. The summed E-state index contributed by atoms with van der Waals surface area (Å²) in [5.41, 5.74) is 44.9. The molecular weight excluding hydrogens is 1890 g/mol. The van der Waals surface area contributed by atoms with E-state index in [2.05, 4.69) is 85.1 Å². The maximum atomic E-state index is 15.3. The minimum absolute atomic E-state index is 0.00305. The molecule has 41 N–H and O–H groups in total. The lowest BCUT2D eigenvalue weighted by atomic mass is 9.96. The number of nitrogens with zero attached hydrogens (tertiary/aromatic N) is 6. The summed E-state index contributed by atoms with van der Waals surface area (Å²) in [4.78, 5) is 254. The fourth-order valence-corrected chi connectivity index (χ4v) is 18.7. The van der Waals surface area contributed by atoms with Crippen molar-refractivity contribution in [2.75, 3.05) is 85.1 Å². The molecule has 6 fully saturated rings. The molecule has 0 aromatic rings. The number of amides is 15. The summed E-state index contributed by atoms with van der Waals surface area (Å²) in [7, 11) is 0. The summed E-state index contributed by atoms with van der Waals surface area (Å²) >= 11 is 0. The Morgan fingerprint density at radius 2 is 0.552 bits per heavy atom. The Bertz CT molecular complexity index is 4550. The highest BCUT2D eigenvalue weighted by atomic mass is 16.4. The van der Waals surface area contributed by atoms with Crippen LogP contribution in [0.4, 0.5) is 0 Å². The van der Waals surface area contributed by atoms with Crippen LogP contribution in [0.5, 0.6) is 0 Å². The molecular formula is C89H157N37O19. The third-order valence-electron chi connectivity index (χ3n) is 26.4. The Balaban J connectivity index is 1.18. The number of carbonyl (C=O) groups is 17. The Morgan fingerprint density at radius 1 is 0.303 bits per heavy atom. The first-order valence-corrected chi connectivity index (χ1v) is 50.1.